The number of hydrogen-bond donors (Lipinski definition) is 1. The van der Waals surface area contributed by atoms with Crippen LogP contribution >= 0.6 is 0 Å². The van der Waals surface area contributed by atoms with E-state index in [1.165, 1.54) is 22.3 Å². The molecule has 0 bridgehead atoms. The highest BCUT2D eigenvalue weighted by atomic mass is 16.3. The molecule has 0 aliphatic carbocycles. The Morgan fingerprint density at radius 1 is 0.615 bits per heavy atom. The maximum absolute atomic E-state index is 9.65. The number of aromatic hydroxyl groups is 1. The zero-order valence-electron chi connectivity index (χ0n) is 22.3. The lowest BCUT2D eigenvalue weighted by Crippen LogP contribution is -2.35. The van der Waals surface area contributed by atoms with Gasteiger partial charge in [0.2, 0.25) is 0 Å². The van der Waals surface area contributed by atoms with Crippen LogP contribution in [-0.2, 0) is 6.42 Å². The van der Waals surface area contributed by atoms with E-state index >= 15 is 0 Å². The number of aliphatic imine (C=N–C) groups is 1. The highest BCUT2D eigenvalue weighted by Crippen LogP contribution is 2.38. The van der Waals surface area contributed by atoms with Crippen molar-refractivity contribution in [3.8, 4) is 28.0 Å². The largest absolute Gasteiger partial charge is 0.508 e. The van der Waals surface area contributed by atoms with Gasteiger partial charge in [-0.05, 0) is 76.6 Å². The minimum Gasteiger partial charge on any atom is -0.508 e. The van der Waals surface area contributed by atoms with E-state index in [1.54, 1.807) is 12.1 Å². The van der Waals surface area contributed by atoms with E-state index in [4.69, 9.17) is 4.99 Å². The van der Waals surface area contributed by atoms with Crippen LogP contribution in [0.4, 0.5) is 5.69 Å². The van der Waals surface area contributed by atoms with Crippen molar-refractivity contribution in [2.75, 3.05) is 4.90 Å². The second-order valence-electron chi connectivity index (χ2n) is 10.1. The van der Waals surface area contributed by atoms with Gasteiger partial charge in [-0.1, -0.05) is 110 Å². The van der Waals surface area contributed by atoms with Crippen molar-refractivity contribution in [1.29, 1.82) is 0 Å². The molecule has 39 heavy (non-hydrogen) atoms. The van der Waals surface area contributed by atoms with Crippen molar-refractivity contribution < 1.29 is 5.11 Å². The molecular formula is C36H32N2O. The summed E-state index contributed by atoms with van der Waals surface area (Å²) in [5, 5.41) is 9.65. The maximum atomic E-state index is 9.65. The SMILES string of the molecule is CCc1ccc(-c2ccc(C3=NC(c4ccccc4)N(c4ccc(-c5ccc(O)cc5)cc4)C3C)cc2)cc1. The van der Waals surface area contributed by atoms with Crippen LogP contribution in [0.25, 0.3) is 22.3 Å². The number of phenolic OH excluding ortho intramolecular Hbond substituents is 1. The van der Waals surface area contributed by atoms with Crippen molar-refractivity contribution >= 4 is 11.4 Å². The number of anilines is 1. The van der Waals surface area contributed by atoms with Gasteiger partial charge in [0.1, 0.15) is 11.9 Å². The van der Waals surface area contributed by atoms with Crippen molar-refractivity contribution in [3.63, 3.8) is 0 Å². The number of benzene rings is 5. The van der Waals surface area contributed by atoms with Crippen LogP contribution in [0.3, 0.4) is 0 Å². The first-order chi connectivity index (χ1) is 19.1. The Morgan fingerprint density at radius 2 is 1.10 bits per heavy atom. The second kappa shape index (κ2) is 10.6. The summed E-state index contributed by atoms with van der Waals surface area (Å²) in [5.74, 6) is 0.277. The van der Waals surface area contributed by atoms with E-state index in [0.29, 0.717) is 0 Å². The van der Waals surface area contributed by atoms with Crippen molar-refractivity contribution in [2.45, 2.75) is 32.5 Å². The molecule has 6 rings (SSSR count). The van der Waals surface area contributed by atoms with Crippen molar-refractivity contribution in [1.82, 2.24) is 0 Å². The molecule has 1 aliphatic heterocycles. The zero-order valence-corrected chi connectivity index (χ0v) is 22.3. The lowest BCUT2D eigenvalue weighted by Gasteiger charge is -2.30. The number of hydrogen-bond acceptors (Lipinski definition) is 3. The van der Waals surface area contributed by atoms with Crippen LogP contribution in [0, 0.1) is 0 Å². The lowest BCUT2D eigenvalue weighted by molar-refractivity contribution is 0.475. The van der Waals surface area contributed by atoms with E-state index in [9.17, 15) is 5.11 Å². The van der Waals surface area contributed by atoms with E-state index in [-0.39, 0.29) is 18.0 Å². The molecule has 1 N–H and O–H groups in total. The summed E-state index contributed by atoms with van der Waals surface area (Å²) in [4.78, 5) is 7.70. The standard InChI is InChI=1S/C36H32N2O/c1-3-26-9-11-27(12-10-26)28-13-15-31(16-14-28)35-25(2)38(36(37-35)32-7-5-4-6-8-32)33-21-17-29(18-22-33)30-19-23-34(39)24-20-30/h4-25,36,39H,3H2,1-2H3. The molecule has 3 heteroatoms. The average molecular weight is 509 g/mol. The fourth-order valence-corrected chi connectivity index (χ4v) is 5.43. The topological polar surface area (TPSA) is 35.8 Å². The van der Waals surface area contributed by atoms with E-state index in [1.807, 2.05) is 12.1 Å². The van der Waals surface area contributed by atoms with E-state index in [0.717, 1.165) is 34.5 Å². The van der Waals surface area contributed by atoms with E-state index in [2.05, 4.69) is 122 Å². The quantitative estimate of drug-likeness (QED) is 0.249. The van der Waals surface area contributed by atoms with Gasteiger partial charge in [0.25, 0.3) is 0 Å². The van der Waals surface area contributed by atoms with Gasteiger partial charge in [-0.15, -0.1) is 0 Å². The molecule has 0 spiro atoms. The molecule has 2 unspecified atom stereocenters. The minimum absolute atomic E-state index is 0.100. The Labute approximate surface area is 230 Å². The molecule has 5 aromatic carbocycles. The van der Waals surface area contributed by atoms with Crippen LogP contribution in [-0.4, -0.2) is 16.9 Å². The monoisotopic (exact) mass is 508 g/mol. The Morgan fingerprint density at radius 3 is 1.67 bits per heavy atom. The minimum atomic E-state index is -0.100. The van der Waals surface area contributed by atoms with Crippen molar-refractivity contribution in [3.05, 3.63) is 144 Å². The number of phenols is 1. The molecule has 0 radical (unpaired) electrons. The normalized spacial score (nSPS) is 16.8. The predicted molar refractivity (Wildman–Crippen MR) is 162 cm³/mol. The first-order valence-electron chi connectivity index (χ1n) is 13.6. The molecule has 0 fully saturated rings. The summed E-state index contributed by atoms with van der Waals surface area (Å²) in [6.45, 7) is 4.43. The van der Waals surface area contributed by atoms with Gasteiger partial charge in [0, 0.05) is 5.69 Å². The molecular weight excluding hydrogens is 476 g/mol. The highest BCUT2D eigenvalue weighted by molar-refractivity contribution is 6.08. The summed E-state index contributed by atoms with van der Waals surface area (Å²) in [5.41, 5.74) is 10.6. The zero-order chi connectivity index (χ0) is 26.8. The second-order valence-corrected chi connectivity index (χ2v) is 10.1. The summed E-state index contributed by atoms with van der Waals surface area (Å²) >= 11 is 0. The molecule has 192 valence electrons. The maximum Gasteiger partial charge on any atom is 0.148 e. The first-order valence-corrected chi connectivity index (χ1v) is 13.6. The van der Waals surface area contributed by atoms with Gasteiger partial charge in [-0.3, -0.25) is 4.99 Å². The molecule has 1 aliphatic rings. The summed E-state index contributed by atoms with van der Waals surface area (Å²) in [6.07, 6.45) is 0.951. The molecule has 5 aromatic rings. The highest BCUT2D eigenvalue weighted by Gasteiger charge is 2.35. The Hall–Kier alpha value is -4.63. The smallest absolute Gasteiger partial charge is 0.148 e. The molecule has 2 atom stereocenters. The molecule has 1 heterocycles. The first kappa shape index (κ1) is 24.7. The van der Waals surface area contributed by atoms with Gasteiger partial charge in [-0.2, -0.15) is 0 Å². The fraction of sp³-hybridized carbons (Fsp3) is 0.139. The van der Waals surface area contributed by atoms with Gasteiger partial charge in [-0.25, -0.2) is 0 Å². The predicted octanol–water partition coefficient (Wildman–Crippen LogP) is 8.69. The van der Waals surface area contributed by atoms with Crippen LogP contribution in [0.5, 0.6) is 5.75 Å². The summed E-state index contributed by atoms with van der Waals surface area (Å²) < 4.78 is 0. The Bertz CT molecular complexity index is 1570. The van der Waals surface area contributed by atoms with Crippen molar-refractivity contribution in [2.24, 2.45) is 4.99 Å². The van der Waals surface area contributed by atoms with Gasteiger partial charge in [0.15, 0.2) is 0 Å². The van der Waals surface area contributed by atoms with Gasteiger partial charge in [0.05, 0.1) is 11.8 Å². The third-order valence-electron chi connectivity index (χ3n) is 7.68. The number of nitrogens with zero attached hydrogens (tertiary/aromatic N) is 2. The molecule has 0 amide bonds. The average Bonchev–Trinajstić information content (AvgIpc) is 3.35. The Kier molecular flexibility index (Phi) is 6.73. The lowest BCUT2D eigenvalue weighted by atomic mass is 9.98. The summed E-state index contributed by atoms with van der Waals surface area (Å²) in [7, 11) is 0. The Balaban J connectivity index is 1.32. The number of rotatable bonds is 6. The van der Waals surface area contributed by atoms with Crippen LogP contribution in [0.1, 0.15) is 36.7 Å². The third-order valence-corrected chi connectivity index (χ3v) is 7.68. The van der Waals surface area contributed by atoms with Crippen LogP contribution < -0.4 is 4.90 Å². The van der Waals surface area contributed by atoms with Gasteiger partial charge < -0.3 is 10.0 Å². The molecule has 0 saturated carbocycles. The van der Waals surface area contributed by atoms with Crippen LogP contribution in [0.15, 0.2) is 132 Å². The summed E-state index contributed by atoms with van der Waals surface area (Å²) in [6, 6.07) is 44.3. The molecule has 3 nitrogen and oxygen atoms in total. The third kappa shape index (κ3) is 4.96. The molecule has 0 aromatic heterocycles. The van der Waals surface area contributed by atoms with Crippen LogP contribution in [0.2, 0.25) is 0 Å². The fourth-order valence-electron chi connectivity index (χ4n) is 5.43. The number of aryl methyl sites for hydroxylation is 1. The molecule has 0 saturated heterocycles. The van der Waals surface area contributed by atoms with E-state index < -0.39 is 0 Å². The van der Waals surface area contributed by atoms with Gasteiger partial charge >= 0.3 is 0 Å².